The largest absolute Gasteiger partial charge is 0.490 e. The van der Waals surface area contributed by atoms with Gasteiger partial charge in [-0.05, 0) is 65.6 Å². The number of nitrogens with zero attached hydrogens (tertiary/aromatic N) is 2. The number of benzene rings is 4. The van der Waals surface area contributed by atoms with E-state index in [0.717, 1.165) is 42.7 Å². The van der Waals surface area contributed by atoms with Crippen LogP contribution in [0.2, 0.25) is 0 Å². The van der Waals surface area contributed by atoms with E-state index < -0.39 is 0 Å². The number of carbonyl (C=O) groups excluding carboxylic acids is 1. The van der Waals surface area contributed by atoms with Gasteiger partial charge in [-0.1, -0.05) is 54.6 Å². The van der Waals surface area contributed by atoms with Gasteiger partial charge in [-0.2, -0.15) is 5.26 Å². The summed E-state index contributed by atoms with van der Waals surface area (Å²) < 4.78 is 6.23. The Kier molecular flexibility index (Phi) is 6.59. The van der Waals surface area contributed by atoms with Crippen LogP contribution in [0.1, 0.15) is 47.2 Å². The maximum absolute atomic E-state index is 13.5. The van der Waals surface area contributed by atoms with Gasteiger partial charge in [0.1, 0.15) is 11.9 Å². The van der Waals surface area contributed by atoms with Crippen LogP contribution in [-0.2, 0) is 5.75 Å². The summed E-state index contributed by atoms with van der Waals surface area (Å²) in [7, 11) is 0. The van der Waals surface area contributed by atoms with Crippen molar-refractivity contribution in [2.45, 2.75) is 54.5 Å². The van der Waals surface area contributed by atoms with Crippen molar-refractivity contribution in [2.24, 2.45) is 0 Å². The van der Waals surface area contributed by atoms with Gasteiger partial charge < -0.3 is 9.64 Å². The smallest absolute Gasteiger partial charge is 0.254 e. The molecule has 0 aromatic heterocycles. The minimum absolute atomic E-state index is 0.0731. The third kappa shape index (κ3) is 4.95. The molecule has 4 aromatic carbocycles. The number of thioether (sulfide) groups is 1. The molecular formula is C32H28N2O2S. The van der Waals surface area contributed by atoms with E-state index in [1.807, 2.05) is 36.0 Å². The maximum atomic E-state index is 13.5. The monoisotopic (exact) mass is 504 g/mol. The van der Waals surface area contributed by atoms with Gasteiger partial charge in [-0.15, -0.1) is 11.8 Å². The molecule has 2 heterocycles. The average molecular weight is 505 g/mol. The van der Waals surface area contributed by atoms with Crippen molar-refractivity contribution >= 4 is 28.4 Å². The maximum Gasteiger partial charge on any atom is 0.254 e. The minimum atomic E-state index is 0.0731. The SMILES string of the molecule is N#Cc1cccc(OC2CC3CCC(C2)N3C(=O)c2ccc(CSc3cccc4ccccc34)cc2)c1. The van der Waals surface area contributed by atoms with Crippen LogP contribution in [0.4, 0.5) is 0 Å². The lowest BCUT2D eigenvalue weighted by molar-refractivity contribution is 0.0359. The van der Waals surface area contributed by atoms with Gasteiger partial charge in [0.15, 0.2) is 0 Å². The Morgan fingerprint density at radius 1 is 0.919 bits per heavy atom. The number of hydrogen-bond acceptors (Lipinski definition) is 4. The molecule has 2 aliphatic heterocycles. The Bertz CT molecular complexity index is 1460. The van der Waals surface area contributed by atoms with Crippen molar-refractivity contribution in [1.29, 1.82) is 5.26 Å². The topological polar surface area (TPSA) is 53.3 Å². The summed E-state index contributed by atoms with van der Waals surface area (Å²) in [5, 5.41) is 11.7. The summed E-state index contributed by atoms with van der Waals surface area (Å²) in [5.41, 5.74) is 2.58. The van der Waals surface area contributed by atoms with Crippen LogP contribution in [0.5, 0.6) is 5.75 Å². The fourth-order valence-corrected chi connectivity index (χ4v) is 6.79. The summed E-state index contributed by atoms with van der Waals surface area (Å²) in [5.74, 6) is 1.73. The molecule has 2 bridgehead atoms. The molecule has 5 heteroatoms. The first-order valence-corrected chi connectivity index (χ1v) is 13.9. The second kappa shape index (κ2) is 10.3. The van der Waals surface area contributed by atoms with E-state index in [1.165, 1.54) is 21.2 Å². The van der Waals surface area contributed by atoms with Crippen LogP contribution >= 0.6 is 11.8 Å². The normalized spacial score (nSPS) is 20.5. The van der Waals surface area contributed by atoms with Crippen molar-refractivity contribution < 1.29 is 9.53 Å². The number of amides is 1. The number of hydrogen-bond donors (Lipinski definition) is 0. The van der Waals surface area contributed by atoms with Gasteiger partial charge in [0.2, 0.25) is 0 Å². The zero-order valence-electron chi connectivity index (χ0n) is 20.5. The van der Waals surface area contributed by atoms with Crippen LogP contribution < -0.4 is 4.74 Å². The lowest BCUT2D eigenvalue weighted by atomic mass is 9.98. The molecule has 6 rings (SSSR count). The summed E-state index contributed by atoms with van der Waals surface area (Å²) in [6, 6.07) is 33.0. The number of ether oxygens (including phenoxy) is 1. The van der Waals surface area contributed by atoms with Crippen LogP contribution in [0.25, 0.3) is 10.8 Å². The van der Waals surface area contributed by atoms with Crippen LogP contribution in [0.15, 0.2) is 95.9 Å². The second-order valence-electron chi connectivity index (χ2n) is 9.91. The highest BCUT2D eigenvalue weighted by molar-refractivity contribution is 7.98. The molecule has 0 saturated carbocycles. The van der Waals surface area contributed by atoms with Gasteiger partial charge in [-0.3, -0.25) is 4.79 Å². The standard InChI is InChI=1S/C32H28N2O2S/c33-20-23-5-3-8-28(17-23)36-29-18-26-15-16-27(19-29)34(26)32(35)25-13-11-22(12-14-25)21-37-31-10-4-7-24-6-1-2-9-30(24)31/h1-14,17,26-27,29H,15-16,18-19,21H2. The molecule has 2 saturated heterocycles. The Hall–Kier alpha value is -3.75. The van der Waals surface area contributed by atoms with Gasteiger partial charge >= 0.3 is 0 Å². The number of rotatable bonds is 6. The van der Waals surface area contributed by atoms with E-state index in [9.17, 15) is 4.79 Å². The van der Waals surface area contributed by atoms with Gasteiger partial charge in [0.25, 0.3) is 5.91 Å². The Morgan fingerprint density at radius 3 is 2.43 bits per heavy atom. The van der Waals surface area contributed by atoms with E-state index >= 15 is 0 Å². The van der Waals surface area contributed by atoms with E-state index in [2.05, 4.69) is 65.6 Å². The zero-order chi connectivity index (χ0) is 25.2. The molecule has 0 radical (unpaired) electrons. The molecule has 4 nitrogen and oxygen atoms in total. The van der Waals surface area contributed by atoms with Gasteiger partial charge in [0, 0.05) is 41.1 Å². The molecule has 0 aliphatic carbocycles. The van der Waals surface area contributed by atoms with Crippen LogP contribution in [0, 0.1) is 11.3 Å². The number of fused-ring (bicyclic) bond motifs is 3. The van der Waals surface area contributed by atoms with Crippen molar-refractivity contribution in [3.8, 4) is 11.8 Å². The highest BCUT2D eigenvalue weighted by Crippen LogP contribution is 2.38. The van der Waals surface area contributed by atoms with E-state index in [4.69, 9.17) is 10.00 Å². The van der Waals surface area contributed by atoms with Crippen LogP contribution in [-0.4, -0.2) is 29.0 Å². The second-order valence-corrected chi connectivity index (χ2v) is 10.9. The quantitative estimate of drug-likeness (QED) is 0.260. The fourth-order valence-electron chi connectivity index (χ4n) is 5.76. The van der Waals surface area contributed by atoms with Gasteiger partial charge in [0.05, 0.1) is 11.6 Å². The van der Waals surface area contributed by atoms with Gasteiger partial charge in [-0.25, -0.2) is 0 Å². The van der Waals surface area contributed by atoms with Crippen molar-refractivity contribution in [2.75, 3.05) is 0 Å². The zero-order valence-corrected chi connectivity index (χ0v) is 21.4. The third-order valence-electron chi connectivity index (χ3n) is 7.54. The number of carbonyl (C=O) groups is 1. The molecular weight excluding hydrogens is 476 g/mol. The van der Waals surface area contributed by atoms with E-state index in [-0.39, 0.29) is 24.1 Å². The van der Waals surface area contributed by atoms with Crippen molar-refractivity contribution in [3.05, 3.63) is 108 Å². The highest BCUT2D eigenvalue weighted by atomic mass is 32.2. The predicted molar refractivity (Wildman–Crippen MR) is 148 cm³/mol. The summed E-state index contributed by atoms with van der Waals surface area (Å²) in [4.78, 5) is 16.9. The fraction of sp³-hybridized carbons (Fsp3) is 0.250. The molecule has 0 spiro atoms. The van der Waals surface area contributed by atoms with Crippen molar-refractivity contribution in [3.63, 3.8) is 0 Å². The third-order valence-corrected chi connectivity index (χ3v) is 8.68. The first-order valence-electron chi connectivity index (χ1n) is 12.9. The molecule has 2 unspecified atom stereocenters. The van der Waals surface area contributed by atoms with Crippen molar-refractivity contribution in [1.82, 2.24) is 4.90 Å². The minimum Gasteiger partial charge on any atom is -0.490 e. The first-order chi connectivity index (χ1) is 18.2. The lowest BCUT2D eigenvalue weighted by Gasteiger charge is -2.39. The number of nitriles is 1. The predicted octanol–water partition coefficient (Wildman–Crippen LogP) is 7.22. The molecule has 2 atom stereocenters. The Labute approximate surface area is 221 Å². The summed E-state index contributed by atoms with van der Waals surface area (Å²) >= 11 is 1.83. The average Bonchev–Trinajstić information content (AvgIpc) is 3.21. The molecule has 4 aromatic rings. The molecule has 37 heavy (non-hydrogen) atoms. The molecule has 0 N–H and O–H groups in total. The first kappa shape index (κ1) is 23.6. The van der Waals surface area contributed by atoms with E-state index in [0.29, 0.717) is 5.56 Å². The molecule has 184 valence electrons. The molecule has 2 aliphatic rings. The Morgan fingerprint density at radius 2 is 1.65 bits per heavy atom. The summed E-state index contributed by atoms with van der Waals surface area (Å²) in [6.07, 6.45) is 3.78. The Balaban J connectivity index is 1.09. The number of piperidine rings is 1. The van der Waals surface area contributed by atoms with Crippen LogP contribution in [0.3, 0.4) is 0 Å². The van der Waals surface area contributed by atoms with E-state index in [1.54, 1.807) is 12.1 Å². The molecule has 2 fully saturated rings. The molecule has 1 amide bonds. The summed E-state index contributed by atoms with van der Waals surface area (Å²) in [6.45, 7) is 0. The highest BCUT2D eigenvalue weighted by Gasteiger charge is 2.44. The lowest BCUT2D eigenvalue weighted by Crippen LogP contribution is -2.49.